The van der Waals surface area contributed by atoms with Gasteiger partial charge in [-0.05, 0) is 43.6 Å². The van der Waals surface area contributed by atoms with E-state index in [1.807, 2.05) is 16.7 Å². The van der Waals surface area contributed by atoms with Crippen LogP contribution in [-0.4, -0.2) is 34.1 Å². The van der Waals surface area contributed by atoms with Gasteiger partial charge in [-0.2, -0.15) is 0 Å². The van der Waals surface area contributed by atoms with Crippen LogP contribution in [-0.2, 0) is 13.0 Å². The van der Waals surface area contributed by atoms with E-state index >= 15 is 0 Å². The zero-order valence-electron chi connectivity index (χ0n) is 19.4. The molecule has 0 saturated carbocycles. The van der Waals surface area contributed by atoms with Crippen LogP contribution < -0.4 is 5.56 Å². The molecule has 0 bridgehead atoms. The van der Waals surface area contributed by atoms with Crippen LogP contribution in [0.3, 0.4) is 0 Å². The number of benzene rings is 2. The van der Waals surface area contributed by atoms with E-state index in [9.17, 15) is 4.79 Å². The molecule has 0 saturated heterocycles. The largest absolute Gasteiger partial charge is 0.302 e. The van der Waals surface area contributed by atoms with Gasteiger partial charge >= 0.3 is 0 Å². The molecule has 32 heavy (non-hydrogen) atoms. The Morgan fingerprint density at radius 1 is 1.00 bits per heavy atom. The summed E-state index contributed by atoms with van der Waals surface area (Å²) < 4.78 is 1.88. The highest BCUT2D eigenvalue weighted by Gasteiger charge is 2.18. The second-order valence-electron chi connectivity index (χ2n) is 8.17. The smallest absolute Gasteiger partial charge is 0.263 e. The van der Waals surface area contributed by atoms with E-state index in [1.165, 1.54) is 5.56 Å². The van der Waals surface area contributed by atoms with E-state index in [-0.39, 0.29) is 5.56 Å². The van der Waals surface area contributed by atoms with Crippen molar-refractivity contribution >= 4 is 21.6 Å². The van der Waals surface area contributed by atoms with Crippen molar-refractivity contribution in [2.24, 2.45) is 0 Å². The molecule has 0 fully saturated rings. The fourth-order valence-corrected chi connectivity index (χ4v) is 5.09. The van der Waals surface area contributed by atoms with Crippen LogP contribution in [0.1, 0.15) is 31.9 Å². The van der Waals surface area contributed by atoms with E-state index in [1.54, 1.807) is 11.3 Å². The van der Waals surface area contributed by atoms with E-state index in [0.29, 0.717) is 6.54 Å². The summed E-state index contributed by atoms with van der Waals surface area (Å²) >= 11 is 1.55. The van der Waals surface area contributed by atoms with Gasteiger partial charge in [0.05, 0.1) is 5.39 Å². The van der Waals surface area contributed by atoms with Gasteiger partial charge in [0.25, 0.3) is 5.56 Å². The van der Waals surface area contributed by atoms with Crippen molar-refractivity contribution in [2.45, 2.75) is 40.7 Å². The Kier molecular flexibility index (Phi) is 6.87. The van der Waals surface area contributed by atoms with Gasteiger partial charge < -0.3 is 4.90 Å². The second-order valence-corrected chi connectivity index (χ2v) is 9.03. The molecule has 0 amide bonds. The number of nitrogens with zero attached hydrogens (tertiary/aromatic N) is 3. The van der Waals surface area contributed by atoms with Gasteiger partial charge in [-0.25, -0.2) is 4.98 Å². The maximum atomic E-state index is 13.9. The molecule has 0 N–H and O–H groups in total. The molecular weight excluding hydrogens is 414 g/mol. The van der Waals surface area contributed by atoms with Crippen LogP contribution in [0.25, 0.3) is 32.7 Å². The first kappa shape index (κ1) is 22.4. The SMILES string of the molecule is CCc1ccc(-c2csc3nc(-c4cccc(C)c4)n(CCN(CC)CC)c(=O)c23)cc1. The maximum absolute atomic E-state index is 13.9. The minimum Gasteiger partial charge on any atom is -0.302 e. The third-order valence-electron chi connectivity index (χ3n) is 6.18. The zero-order valence-corrected chi connectivity index (χ0v) is 20.2. The highest BCUT2D eigenvalue weighted by molar-refractivity contribution is 7.17. The van der Waals surface area contributed by atoms with Crippen molar-refractivity contribution < 1.29 is 0 Å². The normalized spacial score (nSPS) is 11.5. The minimum atomic E-state index is 0.0504. The number of thiophene rings is 1. The minimum absolute atomic E-state index is 0.0504. The van der Waals surface area contributed by atoms with Crippen LogP contribution in [0.15, 0.2) is 58.7 Å². The molecule has 0 radical (unpaired) electrons. The first-order valence-electron chi connectivity index (χ1n) is 11.5. The van der Waals surface area contributed by atoms with Crippen LogP contribution in [0.2, 0.25) is 0 Å². The molecule has 2 heterocycles. The summed E-state index contributed by atoms with van der Waals surface area (Å²) in [6.45, 7) is 11.9. The molecule has 4 aromatic rings. The number of hydrogen-bond acceptors (Lipinski definition) is 4. The monoisotopic (exact) mass is 445 g/mol. The number of aryl methyl sites for hydroxylation is 2. The standard InChI is InChI=1S/C27H31N3OS/c1-5-20-11-13-21(14-12-20)23-18-32-26-24(23)27(31)30(16-15-29(6-2)7-3)25(28-26)22-10-8-9-19(4)17-22/h8-14,17-18H,5-7,15-16H2,1-4H3. The molecule has 4 rings (SSSR count). The predicted molar refractivity (Wildman–Crippen MR) is 137 cm³/mol. The number of hydrogen-bond donors (Lipinski definition) is 0. The fourth-order valence-electron chi connectivity index (χ4n) is 4.15. The Balaban J connectivity index is 1.89. The molecule has 0 aliphatic carbocycles. The van der Waals surface area contributed by atoms with Gasteiger partial charge in [-0.3, -0.25) is 9.36 Å². The third kappa shape index (κ3) is 4.41. The molecule has 0 spiro atoms. The summed E-state index contributed by atoms with van der Waals surface area (Å²) in [6.07, 6.45) is 1.00. The van der Waals surface area contributed by atoms with Gasteiger partial charge in [0.15, 0.2) is 0 Å². The summed E-state index contributed by atoms with van der Waals surface area (Å²) in [4.78, 5) is 22.1. The van der Waals surface area contributed by atoms with Crippen molar-refractivity contribution in [3.63, 3.8) is 0 Å². The molecule has 0 atom stereocenters. The Bertz CT molecular complexity index is 1270. The average molecular weight is 446 g/mol. The lowest BCUT2D eigenvalue weighted by molar-refractivity contribution is 0.289. The molecule has 0 aliphatic heterocycles. The maximum Gasteiger partial charge on any atom is 0.263 e. The van der Waals surface area contributed by atoms with Gasteiger partial charge in [0.2, 0.25) is 0 Å². The van der Waals surface area contributed by atoms with Gasteiger partial charge in [-0.15, -0.1) is 11.3 Å². The molecule has 5 heteroatoms. The van der Waals surface area contributed by atoms with Crippen molar-refractivity contribution in [1.29, 1.82) is 0 Å². The van der Waals surface area contributed by atoms with Crippen molar-refractivity contribution in [3.05, 3.63) is 75.4 Å². The third-order valence-corrected chi connectivity index (χ3v) is 7.05. The van der Waals surface area contributed by atoms with Crippen molar-refractivity contribution in [3.8, 4) is 22.5 Å². The molecule has 2 aromatic heterocycles. The highest BCUT2D eigenvalue weighted by atomic mass is 32.1. The summed E-state index contributed by atoms with van der Waals surface area (Å²) in [5.41, 5.74) is 5.56. The topological polar surface area (TPSA) is 38.1 Å². The Labute approximate surface area is 194 Å². The van der Waals surface area contributed by atoms with E-state index in [4.69, 9.17) is 4.98 Å². The first-order chi connectivity index (χ1) is 15.5. The van der Waals surface area contributed by atoms with Crippen molar-refractivity contribution in [1.82, 2.24) is 14.5 Å². The predicted octanol–water partition coefficient (Wildman–Crippen LogP) is 6.00. The molecule has 2 aromatic carbocycles. The van der Waals surface area contributed by atoms with E-state index < -0.39 is 0 Å². The average Bonchev–Trinajstić information content (AvgIpc) is 3.25. The van der Waals surface area contributed by atoms with Gasteiger partial charge in [-0.1, -0.05) is 68.8 Å². The molecule has 0 aliphatic rings. The summed E-state index contributed by atoms with van der Waals surface area (Å²) in [5.74, 6) is 0.757. The zero-order chi connectivity index (χ0) is 22.7. The summed E-state index contributed by atoms with van der Waals surface area (Å²) in [6, 6.07) is 16.8. The highest BCUT2D eigenvalue weighted by Crippen LogP contribution is 2.32. The first-order valence-corrected chi connectivity index (χ1v) is 12.3. The van der Waals surface area contributed by atoms with Crippen molar-refractivity contribution in [2.75, 3.05) is 19.6 Å². The van der Waals surface area contributed by atoms with E-state index in [0.717, 1.165) is 64.3 Å². The lowest BCUT2D eigenvalue weighted by Crippen LogP contribution is -2.32. The number of rotatable bonds is 8. The quantitative estimate of drug-likeness (QED) is 0.334. The molecular formula is C27H31N3OS. The van der Waals surface area contributed by atoms with Crippen LogP contribution in [0.5, 0.6) is 0 Å². The van der Waals surface area contributed by atoms with Crippen LogP contribution in [0, 0.1) is 6.92 Å². The number of fused-ring (bicyclic) bond motifs is 1. The molecule has 4 nitrogen and oxygen atoms in total. The fraction of sp³-hybridized carbons (Fsp3) is 0.333. The number of aromatic nitrogens is 2. The Morgan fingerprint density at radius 3 is 2.41 bits per heavy atom. The van der Waals surface area contributed by atoms with Gasteiger partial charge in [0, 0.05) is 29.6 Å². The lowest BCUT2D eigenvalue weighted by Gasteiger charge is -2.20. The lowest BCUT2D eigenvalue weighted by atomic mass is 10.0. The Morgan fingerprint density at radius 2 is 1.75 bits per heavy atom. The Hall–Kier alpha value is -2.76. The summed E-state index contributed by atoms with van der Waals surface area (Å²) in [7, 11) is 0. The van der Waals surface area contributed by atoms with Gasteiger partial charge in [0.1, 0.15) is 10.7 Å². The van der Waals surface area contributed by atoms with E-state index in [2.05, 4.69) is 74.4 Å². The molecule has 166 valence electrons. The van der Waals surface area contributed by atoms with Crippen LogP contribution in [0.4, 0.5) is 0 Å². The van der Waals surface area contributed by atoms with Crippen LogP contribution >= 0.6 is 11.3 Å². The molecule has 0 unspecified atom stereocenters. The second kappa shape index (κ2) is 9.80. The number of likely N-dealkylation sites (N-methyl/N-ethyl adjacent to an activating group) is 1. The summed E-state index contributed by atoms with van der Waals surface area (Å²) in [5, 5.41) is 2.81.